The molecule has 0 saturated heterocycles. The van der Waals surface area contributed by atoms with Crippen LogP contribution in [0.3, 0.4) is 0 Å². The van der Waals surface area contributed by atoms with Gasteiger partial charge in [-0.05, 0) is 18.6 Å². The summed E-state index contributed by atoms with van der Waals surface area (Å²) in [5.41, 5.74) is 12.1. The molecule has 9 heteroatoms. The van der Waals surface area contributed by atoms with Gasteiger partial charge in [-0.3, -0.25) is 0 Å². The Balaban J connectivity index is 0.00000220. The lowest BCUT2D eigenvalue weighted by Gasteiger charge is -2.06. The van der Waals surface area contributed by atoms with Gasteiger partial charge in [0, 0.05) is 18.0 Å². The van der Waals surface area contributed by atoms with Crippen LogP contribution in [0, 0.1) is 0 Å². The summed E-state index contributed by atoms with van der Waals surface area (Å²) in [7, 11) is 0. The van der Waals surface area contributed by atoms with Crippen molar-refractivity contribution in [3.63, 3.8) is 0 Å². The normalized spacial score (nSPS) is 11.8. The summed E-state index contributed by atoms with van der Waals surface area (Å²) < 4.78 is 5.54. The van der Waals surface area contributed by atoms with Gasteiger partial charge in [0.15, 0.2) is 5.76 Å². The van der Waals surface area contributed by atoms with Crippen molar-refractivity contribution < 1.29 is 4.42 Å². The first-order chi connectivity index (χ1) is 9.72. The zero-order valence-electron chi connectivity index (χ0n) is 12.2. The van der Waals surface area contributed by atoms with Crippen LogP contribution in [0.5, 0.6) is 0 Å². The number of aromatic nitrogens is 1. The lowest BCUT2D eigenvalue weighted by atomic mass is 10.2. The predicted molar refractivity (Wildman–Crippen MR) is 96.6 cm³/mol. The van der Waals surface area contributed by atoms with Gasteiger partial charge < -0.3 is 21.2 Å². The molecule has 1 unspecified atom stereocenters. The Morgan fingerprint density at radius 1 is 1.45 bits per heavy atom. The summed E-state index contributed by atoms with van der Waals surface area (Å²) in [6.45, 7) is 3.14. The smallest absolute Gasteiger partial charge is 0.211 e. The molecule has 0 aliphatic carbocycles. The second-order valence-electron chi connectivity index (χ2n) is 4.32. The third-order valence-electron chi connectivity index (χ3n) is 2.78. The Kier molecular flexibility index (Phi) is 10.0. The molecule has 0 aliphatic rings. The molecule has 0 radical (unpaired) electrons. The van der Waals surface area contributed by atoms with Gasteiger partial charge in [-0.15, -0.1) is 36.2 Å². The Morgan fingerprint density at radius 2 is 2.23 bits per heavy atom. The van der Waals surface area contributed by atoms with E-state index in [0.29, 0.717) is 24.0 Å². The van der Waals surface area contributed by atoms with Gasteiger partial charge in [0.25, 0.3) is 0 Å². The fraction of sp³-hybridized carbons (Fsp3) is 0.385. The molecule has 2 rings (SSSR count). The van der Waals surface area contributed by atoms with Gasteiger partial charge >= 0.3 is 0 Å². The quantitative estimate of drug-likeness (QED) is 0.516. The molecular formula is C13H21Cl2N5OS. The molecule has 2 aromatic heterocycles. The first-order valence-electron chi connectivity index (χ1n) is 6.49. The number of nitrogens with two attached hydrogens (primary N) is 2. The van der Waals surface area contributed by atoms with E-state index in [1.807, 2.05) is 17.5 Å². The number of nitrogens with one attached hydrogen (secondary N) is 1. The van der Waals surface area contributed by atoms with Gasteiger partial charge in [0.05, 0.1) is 12.9 Å². The lowest BCUT2D eigenvalue weighted by molar-refractivity contribution is 0.524. The zero-order valence-corrected chi connectivity index (χ0v) is 14.6. The van der Waals surface area contributed by atoms with Crippen molar-refractivity contribution in [3.05, 3.63) is 23.3 Å². The van der Waals surface area contributed by atoms with Gasteiger partial charge in [0.2, 0.25) is 5.13 Å². The zero-order chi connectivity index (χ0) is 14.4. The Labute approximate surface area is 146 Å². The van der Waals surface area contributed by atoms with Gasteiger partial charge in [-0.25, -0.2) is 9.98 Å². The molecule has 0 saturated carbocycles. The molecule has 22 heavy (non-hydrogen) atoms. The van der Waals surface area contributed by atoms with Crippen LogP contribution in [0.2, 0.25) is 0 Å². The number of hydrogen-bond acceptors (Lipinski definition) is 6. The highest BCUT2D eigenvalue weighted by atomic mass is 35.5. The fourth-order valence-corrected chi connectivity index (χ4v) is 2.16. The Hall–Kier alpha value is -1.12. The third-order valence-corrected chi connectivity index (χ3v) is 3.53. The van der Waals surface area contributed by atoms with Crippen molar-refractivity contribution in [1.29, 1.82) is 0 Å². The van der Waals surface area contributed by atoms with E-state index in [2.05, 4.69) is 22.2 Å². The van der Waals surface area contributed by atoms with Crippen molar-refractivity contribution in [2.75, 3.05) is 6.54 Å². The molecule has 2 heterocycles. The first-order valence-corrected chi connectivity index (χ1v) is 7.37. The van der Waals surface area contributed by atoms with Crippen molar-refractivity contribution in [2.24, 2.45) is 16.5 Å². The van der Waals surface area contributed by atoms with Crippen LogP contribution >= 0.6 is 36.2 Å². The average molecular weight is 366 g/mol. The van der Waals surface area contributed by atoms with E-state index in [-0.39, 0.29) is 30.9 Å². The molecule has 0 bridgehead atoms. The summed E-state index contributed by atoms with van der Waals surface area (Å²) in [5, 5.41) is 5.63. The van der Waals surface area contributed by atoms with E-state index in [4.69, 9.17) is 15.9 Å². The molecule has 2 aromatic rings. The van der Waals surface area contributed by atoms with E-state index in [1.165, 1.54) is 11.3 Å². The summed E-state index contributed by atoms with van der Waals surface area (Å²) >= 11 is 1.45. The summed E-state index contributed by atoms with van der Waals surface area (Å²) in [5.74, 6) is 1.46. The standard InChI is InChI=1S/C13H19N5OS.2ClH/c1-2-9(15)6-16-8-17-13-18-11(7-20-13)12-4-3-10(5-14)19-12;;/h3-4,7-9H,2,5-6,14-15H2,1H3,(H,16,17,18);2*1H. The van der Waals surface area contributed by atoms with E-state index in [9.17, 15) is 0 Å². The second-order valence-corrected chi connectivity index (χ2v) is 5.16. The minimum atomic E-state index is 0. The molecule has 0 aromatic carbocycles. The monoisotopic (exact) mass is 365 g/mol. The maximum atomic E-state index is 5.79. The Bertz CT molecular complexity index is 572. The molecule has 6 nitrogen and oxygen atoms in total. The Morgan fingerprint density at radius 3 is 2.86 bits per heavy atom. The first kappa shape index (κ1) is 20.9. The van der Waals surface area contributed by atoms with Crippen LogP contribution in [0.15, 0.2) is 26.9 Å². The highest BCUT2D eigenvalue weighted by Gasteiger charge is 2.08. The van der Waals surface area contributed by atoms with Crippen molar-refractivity contribution in [1.82, 2.24) is 10.3 Å². The van der Waals surface area contributed by atoms with E-state index >= 15 is 0 Å². The SMILES string of the molecule is CCC(N)CNC=Nc1nc(-c2ccc(CN)o2)cs1.Cl.Cl. The number of hydrogen-bond donors (Lipinski definition) is 3. The maximum Gasteiger partial charge on any atom is 0.211 e. The van der Waals surface area contributed by atoms with Crippen LogP contribution in [-0.4, -0.2) is 23.9 Å². The summed E-state index contributed by atoms with van der Waals surface area (Å²) in [6, 6.07) is 3.86. The maximum absolute atomic E-state index is 5.79. The average Bonchev–Trinajstić information content (AvgIpc) is 3.11. The molecule has 0 aliphatic heterocycles. The topological polar surface area (TPSA) is 102 Å². The van der Waals surface area contributed by atoms with Gasteiger partial charge in [-0.2, -0.15) is 0 Å². The van der Waals surface area contributed by atoms with Crippen LogP contribution in [-0.2, 0) is 6.54 Å². The molecule has 5 N–H and O–H groups in total. The van der Waals surface area contributed by atoms with Crippen LogP contribution in [0.25, 0.3) is 11.5 Å². The van der Waals surface area contributed by atoms with Crippen LogP contribution < -0.4 is 16.8 Å². The van der Waals surface area contributed by atoms with E-state index in [0.717, 1.165) is 17.9 Å². The molecule has 0 spiro atoms. The van der Waals surface area contributed by atoms with Crippen molar-refractivity contribution in [2.45, 2.75) is 25.9 Å². The number of rotatable bonds is 7. The van der Waals surface area contributed by atoms with Crippen molar-refractivity contribution in [3.8, 4) is 11.5 Å². The van der Waals surface area contributed by atoms with Gasteiger partial charge in [0.1, 0.15) is 11.5 Å². The largest absolute Gasteiger partial charge is 0.458 e. The minimum Gasteiger partial charge on any atom is -0.458 e. The van der Waals surface area contributed by atoms with E-state index < -0.39 is 0 Å². The molecule has 0 amide bonds. The molecule has 124 valence electrons. The minimum absolute atomic E-state index is 0. The summed E-state index contributed by atoms with van der Waals surface area (Å²) in [4.78, 5) is 8.61. The third kappa shape index (κ3) is 5.94. The van der Waals surface area contributed by atoms with Gasteiger partial charge in [-0.1, -0.05) is 6.92 Å². The second kappa shape index (κ2) is 10.6. The number of nitrogens with zero attached hydrogens (tertiary/aromatic N) is 2. The fourth-order valence-electron chi connectivity index (χ4n) is 1.51. The number of furan rings is 1. The predicted octanol–water partition coefficient (Wildman–Crippen LogP) is 2.69. The van der Waals surface area contributed by atoms with Crippen molar-refractivity contribution >= 4 is 47.6 Å². The lowest BCUT2D eigenvalue weighted by Crippen LogP contribution is -2.32. The number of halogens is 2. The van der Waals surface area contributed by atoms with E-state index in [1.54, 1.807) is 6.34 Å². The highest BCUT2D eigenvalue weighted by molar-refractivity contribution is 7.13. The highest BCUT2D eigenvalue weighted by Crippen LogP contribution is 2.27. The van der Waals surface area contributed by atoms with Crippen LogP contribution in [0.1, 0.15) is 19.1 Å². The van der Waals surface area contributed by atoms with Crippen LogP contribution in [0.4, 0.5) is 5.13 Å². The molecule has 1 atom stereocenters. The molecular weight excluding hydrogens is 345 g/mol. The number of aliphatic imine (C=N–C) groups is 1. The summed E-state index contributed by atoms with van der Waals surface area (Å²) in [6.07, 6.45) is 2.57. The number of thiazole rings is 1. The molecule has 0 fully saturated rings.